The van der Waals surface area contributed by atoms with Crippen molar-refractivity contribution < 1.29 is 4.79 Å². The van der Waals surface area contributed by atoms with Crippen LogP contribution in [0.2, 0.25) is 0 Å². The predicted octanol–water partition coefficient (Wildman–Crippen LogP) is 3.18. The van der Waals surface area contributed by atoms with Gasteiger partial charge in [0.15, 0.2) is 4.96 Å². The zero-order valence-electron chi connectivity index (χ0n) is 12.9. The van der Waals surface area contributed by atoms with Crippen molar-refractivity contribution in [3.05, 3.63) is 59.4 Å². The lowest BCUT2D eigenvalue weighted by Crippen LogP contribution is -2.45. The number of nitrogens with one attached hydrogen (secondary N) is 1. The molecule has 0 bridgehead atoms. The number of rotatable bonds is 5. The summed E-state index contributed by atoms with van der Waals surface area (Å²) in [5.74, 6) is 0.0537. The number of imidazole rings is 1. The van der Waals surface area contributed by atoms with Gasteiger partial charge in [-0.15, -0.1) is 11.3 Å². The molecule has 4 rings (SSSR count). The van der Waals surface area contributed by atoms with E-state index in [1.54, 1.807) is 11.3 Å². The molecule has 1 N–H and O–H groups in total. The van der Waals surface area contributed by atoms with Crippen molar-refractivity contribution in [2.45, 2.75) is 31.1 Å². The molecule has 0 aliphatic heterocycles. The van der Waals surface area contributed by atoms with E-state index in [1.165, 1.54) is 12.0 Å². The third kappa shape index (κ3) is 2.77. The Kier molecular flexibility index (Phi) is 3.65. The van der Waals surface area contributed by atoms with Gasteiger partial charge in [-0.05, 0) is 18.4 Å². The summed E-state index contributed by atoms with van der Waals surface area (Å²) < 4.78 is 1.96. The van der Waals surface area contributed by atoms with Crippen molar-refractivity contribution in [2.75, 3.05) is 6.54 Å². The van der Waals surface area contributed by atoms with E-state index in [9.17, 15) is 4.79 Å². The number of carbonyl (C=O) groups is 1. The predicted molar refractivity (Wildman–Crippen MR) is 91.8 cm³/mol. The molecule has 2 aromatic heterocycles. The highest BCUT2D eigenvalue weighted by molar-refractivity contribution is 7.15. The monoisotopic (exact) mass is 325 g/mol. The van der Waals surface area contributed by atoms with Gasteiger partial charge in [0, 0.05) is 29.7 Å². The van der Waals surface area contributed by atoms with Crippen LogP contribution in [0, 0.1) is 0 Å². The molecule has 1 aromatic carbocycles. The molecule has 5 heteroatoms. The maximum absolute atomic E-state index is 12.3. The first-order chi connectivity index (χ1) is 11.3. The van der Waals surface area contributed by atoms with Gasteiger partial charge in [-0.3, -0.25) is 9.20 Å². The third-order valence-corrected chi connectivity index (χ3v) is 5.58. The summed E-state index contributed by atoms with van der Waals surface area (Å²) in [6, 6.07) is 10.5. The van der Waals surface area contributed by atoms with Gasteiger partial charge in [0.1, 0.15) is 0 Å². The van der Waals surface area contributed by atoms with E-state index in [1.807, 2.05) is 28.2 Å². The molecule has 4 nitrogen and oxygen atoms in total. The Morgan fingerprint density at radius 2 is 2.13 bits per heavy atom. The molecule has 3 aromatic rings. The molecule has 0 radical (unpaired) electrons. The largest absolute Gasteiger partial charge is 0.355 e. The van der Waals surface area contributed by atoms with Gasteiger partial charge < -0.3 is 5.32 Å². The van der Waals surface area contributed by atoms with E-state index < -0.39 is 0 Å². The second-order valence-electron chi connectivity index (χ2n) is 6.28. The van der Waals surface area contributed by atoms with Crippen LogP contribution in [0.15, 0.2) is 48.1 Å². The molecular formula is C18H19N3OS. The molecule has 1 amide bonds. The van der Waals surface area contributed by atoms with E-state index in [0.717, 1.165) is 30.0 Å². The van der Waals surface area contributed by atoms with Crippen molar-refractivity contribution in [1.29, 1.82) is 0 Å². The molecule has 0 unspecified atom stereocenters. The fraction of sp³-hybridized carbons (Fsp3) is 0.333. The number of thiazole rings is 1. The molecule has 1 aliphatic carbocycles. The molecule has 1 fully saturated rings. The molecule has 0 atom stereocenters. The lowest BCUT2D eigenvalue weighted by atomic mass is 9.64. The lowest BCUT2D eigenvalue weighted by molar-refractivity contribution is -0.120. The number of benzene rings is 1. The molecular weight excluding hydrogens is 306 g/mol. The van der Waals surface area contributed by atoms with Crippen LogP contribution in [0.5, 0.6) is 0 Å². The topological polar surface area (TPSA) is 46.4 Å². The van der Waals surface area contributed by atoms with Crippen molar-refractivity contribution in [2.24, 2.45) is 0 Å². The number of hydrogen-bond donors (Lipinski definition) is 1. The standard InChI is InChI=1S/C18H19N3OS/c22-16(11-15-12-21-9-10-23-17(21)20-15)19-13-18(7-4-8-18)14-5-2-1-3-6-14/h1-3,5-6,9-10,12H,4,7-8,11,13H2,(H,19,22). The Morgan fingerprint density at radius 3 is 2.83 bits per heavy atom. The van der Waals surface area contributed by atoms with E-state index >= 15 is 0 Å². The molecule has 2 heterocycles. The maximum atomic E-state index is 12.3. The van der Waals surface area contributed by atoms with Crippen LogP contribution in [0.1, 0.15) is 30.5 Å². The zero-order chi connectivity index (χ0) is 15.7. The summed E-state index contributed by atoms with van der Waals surface area (Å²) in [5.41, 5.74) is 2.30. The van der Waals surface area contributed by atoms with Crippen molar-refractivity contribution >= 4 is 22.2 Å². The van der Waals surface area contributed by atoms with Crippen LogP contribution in [0.25, 0.3) is 4.96 Å². The normalized spacial score (nSPS) is 16.2. The van der Waals surface area contributed by atoms with Crippen LogP contribution in [0.3, 0.4) is 0 Å². The Morgan fingerprint density at radius 1 is 1.30 bits per heavy atom. The van der Waals surface area contributed by atoms with Gasteiger partial charge in [0.2, 0.25) is 5.91 Å². The fourth-order valence-corrected chi connectivity index (χ4v) is 4.04. The summed E-state index contributed by atoms with van der Waals surface area (Å²) in [4.78, 5) is 17.7. The minimum absolute atomic E-state index is 0.0537. The fourth-order valence-electron chi connectivity index (χ4n) is 3.32. The van der Waals surface area contributed by atoms with Crippen molar-refractivity contribution in [3.8, 4) is 0 Å². The second-order valence-corrected chi connectivity index (χ2v) is 7.15. The zero-order valence-corrected chi connectivity index (χ0v) is 13.7. The maximum Gasteiger partial charge on any atom is 0.226 e. The van der Waals surface area contributed by atoms with Crippen molar-refractivity contribution in [3.63, 3.8) is 0 Å². The lowest BCUT2D eigenvalue weighted by Gasteiger charge is -2.42. The summed E-state index contributed by atoms with van der Waals surface area (Å²) in [7, 11) is 0. The summed E-state index contributed by atoms with van der Waals surface area (Å²) in [5, 5.41) is 5.12. The highest BCUT2D eigenvalue weighted by atomic mass is 32.1. The number of carbonyl (C=O) groups excluding carboxylic acids is 1. The van der Waals surface area contributed by atoms with Gasteiger partial charge >= 0.3 is 0 Å². The van der Waals surface area contributed by atoms with E-state index in [4.69, 9.17) is 0 Å². The molecule has 1 aliphatic rings. The molecule has 0 spiro atoms. The quantitative estimate of drug-likeness (QED) is 0.783. The number of amides is 1. The minimum Gasteiger partial charge on any atom is -0.355 e. The van der Waals surface area contributed by atoms with E-state index in [2.05, 4.69) is 34.6 Å². The first-order valence-electron chi connectivity index (χ1n) is 7.99. The van der Waals surface area contributed by atoms with Gasteiger partial charge in [-0.1, -0.05) is 36.8 Å². The average Bonchev–Trinajstić information content (AvgIpc) is 3.08. The van der Waals surface area contributed by atoms with Crippen LogP contribution in [0.4, 0.5) is 0 Å². The van der Waals surface area contributed by atoms with Crippen LogP contribution in [-0.2, 0) is 16.6 Å². The van der Waals surface area contributed by atoms with Crippen molar-refractivity contribution in [1.82, 2.24) is 14.7 Å². The van der Waals surface area contributed by atoms with Gasteiger partial charge in [-0.2, -0.15) is 0 Å². The molecule has 0 saturated heterocycles. The number of hydrogen-bond acceptors (Lipinski definition) is 3. The SMILES string of the molecule is O=C(Cc1cn2ccsc2n1)NCC1(c2ccccc2)CCC1. The first kappa shape index (κ1) is 14.5. The smallest absolute Gasteiger partial charge is 0.226 e. The Hall–Kier alpha value is -2.14. The molecule has 23 heavy (non-hydrogen) atoms. The summed E-state index contributed by atoms with van der Waals surface area (Å²) >= 11 is 1.58. The van der Waals surface area contributed by atoms with E-state index in [-0.39, 0.29) is 11.3 Å². The average molecular weight is 325 g/mol. The van der Waals surface area contributed by atoms with Crippen LogP contribution >= 0.6 is 11.3 Å². The number of fused-ring (bicyclic) bond motifs is 1. The summed E-state index contributed by atoms with van der Waals surface area (Å²) in [6.45, 7) is 0.720. The Labute approximate surface area is 139 Å². The van der Waals surface area contributed by atoms with Gasteiger partial charge in [0.05, 0.1) is 12.1 Å². The highest BCUT2D eigenvalue weighted by Crippen LogP contribution is 2.43. The second kappa shape index (κ2) is 5.81. The minimum atomic E-state index is 0.0537. The highest BCUT2D eigenvalue weighted by Gasteiger charge is 2.38. The number of aromatic nitrogens is 2. The molecule has 118 valence electrons. The van der Waals surface area contributed by atoms with Gasteiger partial charge in [-0.25, -0.2) is 4.98 Å². The summed E-state index contributed by atoms with van der Waals surface area (Å²) in [6.07, 6.45) is 7.78. The van der Waals surface area contributed by atoms with Crippen LogP contribution in [-0.4, -0.2) is 21.8 Å². The molecule has 1 saturated carbocycles. The Balaban J connectivity index is 1.40. The first-order valence-corrected chi connectivity index (χ1v) is 8.86. The number of nitrogens with zero attached hydrogens (tertiary/aromatic N) is 2. The third-order valence-electron chi connectivity index (χ3n) is 4.81. The van der Waals surface area contributed by atoms with Crippen LogP contribution < -0.4 is 5.32 Å². The van der Waals surface area contributed by atoms with E-state index in [0.29, 0.717) is 6.42 Å². The van der Waals surface area contributed by atoms with Gasteiger partial charge in [0.25, 0.3) is 0 Å². The Bertz CT molecular complexity index is 789.